The number of nitrogens with zero attached hydrogens (tertiary/aromatic N) is 5. The van der Waals surface area contributed by atoms with Crippen LogP contribution in [0.4, 0.5) is 0 Å². The van der Waals surface area contributed by atoms with Crippen molar-refractivity contribution < 1.29 is 59.5 Å². The summed E-state index contributed by atoms with van der Waals surface area (Å²) in [6.07, 6.45) is 4.15. The zero-order valence-corrected chi connectivity index (χ0v) is 27.0. The average Bonchev–Trinajstić information content (AvgIpc) is 3.53. The van der Waals surface area contributed by atoms with Crippen LogP contribution >= 0.6 is 0 Å². The molecule has 2 amide bonds. The molecular weight excluding hydrogens is 652 g/mol. The predicted octanol–water partition coefficient (Wildman–Crippen LogP) is -3.09. The van der Waals surface area contributed by atoms with E-state index in [1.54, 1.807) is 32.1 Å². The highest BCUT2D eigenvalue weighted by molar-refractivity contribution is 5.87. The van der Waals surface area contributed by atoms with Crippen LogP contribution < -0.4 is 10.6 Å². The number of aromatic nitrogens is 2. The minimum atomic E-state index is -1.02. The van der Waals surface area contributed by atoms with E-state index in [0.29, 0.717) is 65.3 Å². The third-order valence-electron chi connectivity index (χ3n) is 6.75. The normalized spacial score (nSPS) is 15.4. The minimum absolute atomic E-state index is 0. The Morgan fingerprint density at radius 1 is 0.776 bits per heavy atom. The number of hydrogen-bond acceptors (Lipinski definition) is 12. The van der Waals surface area contributed by atoms with Crippen molar-refractivity contribution in [1.29, 1.82) is 2.86 Å². The molecule has 0 aliphatic carbocycles. The second-order valence-electron chi connectivity index (χ2n) is 10.8. The number of Topliss-reactive ketones (excluding diaryl/α,β-unsaturated/α-hetero) is 1. The molecule has 0 radical (unpaired) electrons. The van der Waals surface area contributed by atoms with E-state index in [2.05, 4.69) is 26.1 Å². The van der Waals surface area contributed by atoms with Gasteiger partial charge in [0.15, 0.2) is 0 Å². The number of carboxylic acids is 4. The maximum Gasteiger partial charge on any atom is 0.317 e. The summed E-state index contributed by atoms with van der Waals surface area (Å²) in [6.45, 7) is 3.42. The van der Waals surface area contributed by atoms with E-state index in [0.717, 1.165) is 5.69 Å². The third kappa shape index (κ3) is 25.2. The number of carboxylic acid groups (broad SMARTS) is 4. The van der Waals surface area contributed by atoms with Gasteiger partial charge in [-0.2, -0.15) is 0 Å². The van der Waals surface area contributed by atoms with Crippen LogP contribution in [-0.4, -0.2) is 191 Å². The molecule has 0 saturated carbocycles. The Hall–Kier alpha value is -4.50. The fourth-order valence-electron chi connectivity index (χ4n) is 4.36. The molecule has 0 unspecified atom stereocenters. The number of amides is 2. The number of nitrogens with one attached hydrogen (secondary N) is 3. The molecule has 0 aromatic carbocycles. The minimum Gasteiger partial charge on any atom is -0.480 e. The molecule has 280 valence electrons. The van der Waals surface area contributed by atoms with Gasteiger partial charge in [-0.05, 0) is 6.92 Å². The molecule has 1 aliphatic rings. The molecule has 1 aromatic heterocycles. The Bertz CT molecular complexity index is 1080. The molecule has 1 fully saturated rings. The van der Waals surface area contributed by atoms with Crippen molar-refractivity contribution in [3.63, 3.8) is 0 Å². The van der Waals surface area contributed by atoms with Crippen molar-refractivity contribution >= 4 is 41.5 Å². The van der Waals surface area contributed by atoms with Crippen LogP contribution in [0.1, 0.15) is 32.9 Å². The first kappa shape index (κ1) is 42.5. The number of rotatable bonds is 16. The second kappa shape index (κ2) is 26.5. The van der Waals surface area contributed by atoms with Crippen LogP contribution in [-0.2, 0) is 40.0 Å². The molecule has 0 spiro atoms. The monoisotopic (exact) mass is 707 g/mol. The first-order valence-corrected chi connectivity index (χ1v) is 15.0. The molecule has 0 atom stereocenters. The van der Waals surface area contributed by atoms with Gasteiger partial charge in [-0.1, -0.05) is 7.43 Å². The van der Waals surface area contributed by atoms with Crippen molar-refractivity contribution in [2.75, 3.05) is 91.6 Å². The second-order valence-corrected chi connectivity index (χ2v) is 10.8. The summed E-state index contributed by atoms with van der Waals surface area (Å²) in [4.78, 5) is 91.0. The van der Waals surface area contributed by atoms with Gasteiger partial charge in [-0.3, -0.25) is 53.2 Å². The quantitative estimate of drug-likeness (QED) is 0.0896. The number of aromatic amines is 1. The molecule has 20 nitrogen and oxygen atoms in total. The molecule has 1 aliphatic heterocycles. The van der Waals surface area contributed by atoms with Crippen molar-refractivity contribution in [2.45, 2.75) is 33.6 Å². The van der Waals surface area contributed by atoms with Crippen LogP contribution in [0, 0.1) is 0 Å². The Balaban J connectivity index is 0. The van der Waals surface area contributed by atoms with Crippen LogP contribution in [0.25, 0.3) is 0 Å². The van der Waals surface area contributed by atoms with Gasteiger partial charge >= 0.3 is 23.9 Å². The molecule has 0 bridgehead atoms. The molecule has 20 heteroatoms. The summed E-state index contributed by atoms with van der Waals surface area (Å²) in [7, 11) is 0. The van der Waals surface area contributed by atoms with E-state index >= 15 is 0 Å². The number of imidazole rings is 1. The molecule has 2 heterocycles. The largest absolute Gasteiger partial charge is 0.480 e. The zero-order chi connectivity index (χ0) is 37.9. The lowest BCUT2D eigenvalue weighted by molar-refractivity contribution is -0.141. The van der Waals surface area contributed by atoms with Crippen LogP contribution in [0.5, 0.6) is 0 Å². The van der Waals surface area contributed by atoms with Gasteiger partial charge in [0, 0.05) is 90.1 Å². The molecule has 49 heavy (non-hydrogen) atoms. The average molecular weight is 708 g/mol. The fraction of sp³-hybridized carbons (Fsp3) is 0.655. The lowest BCUT2D eigenvalue weighted by atomic mass is 10.2. The molecule has 9 N–H and O–H groups in total. The lowest BCUT2D eigenvalue weighted by Gasteiger charge is -2.32. The maximum absolute atomic E-state index is 11.4. The van der Waals surface area contributed by atoms with Crippen molar-refractivity contribution in [2.24, 2.45) is 0 Å². The number of aliphatic carboxylic acids is 4. The number of ketones is 1. The Morgan fingerprint density at radius 2 is 1.12 bits per heavy atom. The van der Waals surface area contributed by atoms with E-state index in [4.69, 9.17) is 23.3 Å². The number of H-pyrrole nitrogens is 1. The summed E-state index contributed by atoms with van der Waals surface area (Å²) in [5.41, 5.74) is 3.69. The van der Waals surface area contributed by atoms with E-state index in [1.807, 2.05) is 0 Å². The summed E-state index contributed by atoms with van der Waals surface area (Å²) in [5.74, 6) is -4.67. The lowest BCUT2D eigenvalue weighted by Crippen LogP contribution is -2.49. The van der Waals surface area contributed by atoms with E-state index < -0.39 is 23.9 Å². The maximum atomic E-state index is 11.4. The third-order valence-corrected chi connectivity index (χ3v) is 6.75. The summed E-state index contributed by atoms with van der Waals surface area (Å²) < 4.78 is 10.8. The van der Waals surface area contributed by atoms with Crippen LogP contribution in [0.2, 0.25) is 0 Å². The predicted molar refractivity (Wildman–Crippen MR) is 175 cm³/mol. The zero-order valence-electron chi connectivity index (χ0n) is 29.0. The van der Waals surface area contributed by atoms with Gasteiger partial charge in [0.05, 0.1) is 39.1 Å². The van der Waals surface area contributed by atoms with Gasteiger partial charge in [-0.15, -0.1) is 0 Å². The van der Waals surface area contributed by atoms with Crippen LogP contribution in [0.15, 0.2) is 12.5 Å². The SMILES string of the molecule is C.CC(=O)CNC(=O)CCC(=O)NCCc1cnc[nH]1.O=C(O)CN1CCN(CC(=O)O)CCN(CC(=O)O)CCN(CC(=O)O)CC1.[2H]O[3H]. The topological polar surface area (TPSA) is 298 Å². The Labute approximate surface area is 287 Å². The first-order chi connectivity index (χ1) is 23.6. The van der Waals surface area contributed by atoms with Gasteiger partial charge in [0.2, 0.25) is 14.7 Å². The van der Waals surface area contributed by atoms with E-state index in [1.165, 1.54) is 6.92 Å². The standard InChI is InChI=1S/C16H28N4O8.C12H18N4O3.CH4.H2O/c21-13(22)9-17-1-2-18(10-14(23)24)5-6-20(12-16(27)28)8-7-19(4-3-17)11-15(25)26;1-9(17)6-15-12(19)3-2-11(18)14-5-4-10-7-13-8-16-10;;/h1-12H2,(H,21,22)(H,23,24)(H,25,26)(H,27,28);7-8H,2-6H2,1H3,(H,13,16)(H,14,18)(H,15,19);1H4;1H2/i/hTD. The first-order valence-electron chi connectivity index (χ1n) is 15.8. The van der Waals surface area contributed by atoms with Crippen LogP contribution in [0.3, 0.4) is 0 Å². The van der Waals surface area contributed by atoms with Gasteiger partial charge in [0.25, 0.3) is 0 Å². The summed E-state index contributed by atoms with van der Waals surface area (Å²) >= 11 is 0. The number of carbonyl (C=O) groups is 7. The van der Waals surface area contributed by atoms with Crippen molar-refractivity contribution in [3.05, 3.63) is 18.2 Å². The number of carbonyl (C=O) groups excluding carboxylic acids is 3. The van der Waals surface area contributed by atoms with E-state index in [9.17, 15) is 33.6 Å². The summed E-state index contributed by atoms with van der Waals surface area (Å²) in [5, 5.41) is 41.4. The van der Waals surface area contributed by atoms with Crippen molar-refractivity contribution in [1.82, 2.24) is 40.2 Å². The number of hydrogen-bond donors (Lipinski definition) is 7. The molecule has 1 aromatic rings. The highest BCUT2D eigenvalue weighted by Gasteiger charge is 2.20. The fourth-order valence-corrected chi connectivity index (χ4v) is 4.36. The van der Waals surface area contributed by atoms with Crippen molar-refractivity contribution in [3.8, 4) is 0 Å². The van der Waals surface area contributed by atoms with Gasteiger partial charge in [0.1, 0.15) is 5.78 Å². The molecule has 1 saturated heterocycles. The Kier molecular flexibility index (Phi) is 23.0. The highest BCUT2D eigenvalue weighted by atomic mass is 16.4. The molecular formula is C29H52N8O12. The highest BCUT2D eigenvalue weighted by Crippen LogP contribution is 2.01. The molecule has 2 rings (SSSR count). The van der Waals surface area contributed by atoms with E-state index in [-0.39, 0.29) is 70.6 Å². The van der Waals surface area contributed by atoms with Gasteiger partial charge < -0.3 is 41.5 Å². The summed E-state index contributed by atoms with van der Waals surface area (Å²) in [6, 6.07) is 0. The Morgan fingerprint density at radius 3 is 1.41 bits per heavy atom. The van der Waals surface area contributed by atoms with Gasteiger partial charge in [-0.25, -0.2) is 4.98 Å². The smallest absolute Gasteiger partial charge is 0.317 e.